The Bertz CT molecular complexity index is 937. The van der Waals surface area contributed by atoms with Crippen LogP contribution in [0.25, 0.3) is 6.08 Å². The van der Waals surface area contributed by atoms with E-state index in [0.717, 1.165) is 11.1 Å². The first-order chi connectivity index (χ1) is 13.6. The molecule has 6 heteroatoms. The molecule has 2 aromatic rings. The van der Waals surface area contributed by atoms with E-state index in [0.29, 0.717) is 23.6 Å². The summed E-state index contributed by atoms with van der Waals surface area (Å²) in [6.45, 7) is 0.737. The minimum Gasteiger partial charge on any atom is -0.497 e. The van der Waals surface area contributed by atoms with Crippen molar-refractivity contribution in [3.63, 3.8) is 0 Å². The van der Waals surface area contributed by atoms with E-state index in [4.69, 9.17) is 9.47 Å². The average Bonchev–Trinajstić information content (AvgIpc) is 3.19. The molecule has 1 saturated heterocycles. The number of ether oxygens (including phenoxy) is 2. The lowest BCUT2D eigenvalue weighted by Crippen LogP contribution is -2.33. The number of methoxy groups -OCH3 is 1. The summed E-state index contributed by atoms with van der Waals surface area (Å²) in [6, 6.07) is 14.9. The Balaban J connectivity index is 1.58. The smallest absolute Gasteiger partial charge is 0.308 e. The second kappa shape index (κ2) is 7.38. The Morgan fingerprint density at radius 2 is 1.93 bits per heavy atom. The van der Waals surface area contributed by atoms with Crippen LogP contribution in [-0.2, 0) is 9.59 Å². The van der Waals surface area contributed by atoms with Gasteiger partial charge in [-0.05, 0) is 29.8 Å². The fraction of sp³-hybridized carbons (Fsp3) is 0.273. The Labute approximate surface area is 163 Å². The molecule has 0 saturated carbocycles. The fourth-order valence-corrected chi connectivity index (χ4v) is 3.87. The highest BCUT2D eigenvalue weighted by Crippen LogP contribution is 2.35. The van der Waals surface area contributed by atoms with Crippen LogP contribution >= 0.6 is 0 Å². The monoisotopic (exact) mass is 379 g/mol. The Kier molecular flexibility index (Phi) is 4.77. The molecule has 2 heterocycles. The average molecular weight is 379 g/mol. The summed E-state index contributed by atoms with van der Waals surface area (Å²) in [7, 11) is 1.58. The van der Waals surface area contributed by atoms with Gasteiger partial charge in [-0.15, -0.1) is 0 Å². The number of hydrogen-bond donors (Lipinski definition) is 1. The lowest BCUT2D eigenvalue weighted by atomic mass is 9.89. The number of rotatable bonds is 4. The molecule has 2 aliphatic rings. The highest BCUT2D eigenvalue weighted by molar-refractivity contribution is 5.99. The maximum atomic E-state index is 13.1. The van der Waals surface area contributed by atoms with Crippen LogP contribution in [0, 0.1) is 5.92 Å². The van der Waals surface area contributed by atoms with E-state index in [1.807, 2.05) is 48.5 Å². The molecule has 0 unspecified atom stereocenters. The van der Waals surface area contributed by atoms with Gasteiger partial charge in [0.25, 0.3) is 5.91 Å². The third kappa shape index (κ3) is 3.33. The molecule has 6 nitrogen and oxygen atoms in total. The zero-order valence-electron chi connectivity index (χ0n) is 15.5. The fourth-order valence-electron chi connectivity index (χ4n) is 3.87. The van der Waals surface area contributed by atoms with E-state index >= 15 is 0 Å². The van der Waals surface area contributed by atoms with Gasteiger partial charge >= 0.3 is 5.97 Å². The SMILES string of the molecule is COc1ccc2c(c1)C=C(C(=O)N1C[C@H](C(=O)O)[C@H](c3ccccc3)C1)CO2. The number of nitrogens with zero attached hydrogens (tertiary/aromatic N) is 1. The lowest BCUT2D eigenvalue weighted by Gasteiger charge is -2.22. The van der Waals surface area contributed by atoms with Gasteiger partial charge in [0, 0.05) is 24.6 Å². The molecule has 0 aliphatic carbocycles. The summed E-state index contributed by atoms with van der Waals surface area (Å²) in [6.07, 6.45) is 1.80. The summed E-state index contributed by atoms with van der Waals surface area (Å²) in [4.78, 5) is 26.5. The van der Waals surface area contributed by atoms with Crippen molar-refractivity contribution in [2.45, 2.75) is 5.92 Å². The molecule has 1 amide bonds. The first kappa shape index (κ1) is 18.1. The first-order valence-electron chi connectivity index (χ1n) is 9.15. The van der Waals surface area contributed by atoms with Crippen LogP contribution < -0.4 is 9.47 Å². The molecule has 0 radical (unpaired) electrons. The van der Waals surface area contributed by atoms with E-state index < -0.39 is 11.9 Å². The molecule has 1 fully saturated rings. The van der Waals surface area contributed by atoms with Gasteiger partial charge in [0.05, 0.1) is 18.6 Å². The number of carbonyl (C=O) groups is 2. The summed E-state index contributed by atoms with van der Waals surface area (Å²) in [5.41, 5.74) is 2.23. The first-order valence-corrected chi connectivity index (χ1v) is 9.15. The Morgan fingerprint density at radius 3 is 2.64 bits per heavy atom. The molecule has 28 heavy (non-hydrogen) atoms. The van der Waals surface area contributed by atoms with Crippen molar-refractivity contribution in [2.24, 2.45) is 5.92 Å². The second-order valence-electron chi connectivity index (χ2n) is 7.03. The number of hydrogen-bond acceptors (Lipinski definition) is 4. The van der Waals surface area contributed by atoms with Crippen molar-refractivity contribution in [2.75, 3.05) is 26.8 Å². The zero-order chi connectivity index (χ0) is 19.7. The standard InChI is InChI=1S/C22H21NO5/c1-27-17-7-8-20-15(10-17)9-16(13-28-20)21(24)23-11-18(19(12-23)22(25)26)14-5-3-2-4-6-14/h2-10,18-19H,11-13H2,1H3,(H,25,26)/t18-,19-/m0/s1. The van der Waals surface area contributed by atoms with Crippen LogP contribution in [0.4, 0.5) is 0 Å². The predicted octanol–water partition coefficient (Wildman–Crippen LogP) is 2.80. The Hall–Kier alpha value is -3.28. The highest BCUT2D eigenvalue weighted by Gasteiger charge is 2.41. The van der Waals surface area contributed by atoms with Crippen molar-refractivity contribution in [1.29, 1.82) is 0 Å². The van der Waals surface area contributed by atoms with Crippen LogP contribution in [0.5, 0.6) is 11.5 Å². The quantitative estimate of drug-likeness (QED) is 0.884. The Morgan fingerprint density at radius 1 is 1.14 bits per heavy atom. The summed E-state index contributed by atoms with van der Waals surface area (Å²) in [5.74, 6) is -0.525. The van der Waals surface area contributed by atoms with E-state index in [1.54, 1.807) is 18.1 Å². The third-order valence-electron chi connectivity index (χ3n) is 5.36. The van der Waals surface area contributed by atoms with Gasteiger partial charge in [0.2, 0.25) is 0 Å². The van der Waals surface area contributed by atoms with Gasteiger partial charge in [0.15, 0.2) is 0 Å². The number of carboxylic acid groups (broad SMARTS) is 1. The lowest BCUT2D eigenvalue weighted by molar-refractivity contribution is -0.141. The number of carbonyl (C=O) groups excluding carboxylic acids is 1. The number of carboxylic acids is 1. The molecule has 2 atom stereocenters. The molecule has 2 aromatic carbocycles. The van der Waals surface area contributed by atoms with Gasteiger partial charge in [-0.25, -0.2) is 0 Å². The van der Waals surface area contributed by atoms with Gasteiger partial charge in [-0.1, -0.05) is 30.3 Å². The summed E-state index contributed by atoms with van der Waals surface area (Å²) < 4.78 is 10.9. The van der Waals surface area contributed by atoms with Crippen LogP contribution in [0.2, 0.25) is 0 Å². The zero-order valence-corrected chi connectivity index (χ0v) is 15.5. The van der Waals surface area contributed by atoms with Crippen molar-refractivity contribution in [3.05, 3.63) is 65.2 Å². The van der Waals surface area contributed by atoms with E-state index in [9.17, 15) is 14.7 Å². The number of amides is 1. The number of aliphatic carboxylic acids is 1. The van der Waals surface area contributed by atoms with Gasteiger partial charge in [-0.2, -0.15) is 0 Å². The molecule has 144 valence electrons. The van der Waals surface area contributed by atoms with Gasteiger partial charge in [-0.3, -0.25) is 9.59 Å². The molecule has 0 bridgehead atoms. The molecule has 2 aliphatic heterocycles. The van der Waals surface area contributed by atoms with Crippen LogP contribution in [-0.4, -0.2) is 48.7 Å². The van der Waals surface area contributed by atoms with E-state index in [-0.39, 0.29) is 25.0 Å². The van der Waals surface area contributed by atoms with Crippen molar-refractivity contribution >= 4 is 18.0 Å². The maximum absolute atomic E-state index is 13.1. The highest BCUT2D eigenvalue weighted by atomic mass is 16.5. The molecule has 0 spiro atoms. The molecule has 1 N–H and O–H groups in total. The maximum Gasteiger partial charge on any atom is 0.308 e. The van der Waals surface area contributed by atoms with E-state index in [2.05, 4.69) is 0 Å². The van der Waals surface area contributed by atoms with Crippen molar-refractivity contribution in [1.82, 2.24) is 4.90 Å². The predicted molar refractivity (Wildman–Crippen MR) is 103 cm³/mol. The molecule has 4 rings (SSSR count). The normalized spacial score (nSPS) is 20.8. The topological polar surface area (TPSA) is 76.1 Å². The second-order valence-corrected chi connectivity index (χ2v) is 7.03. The van der Waals surface area contributed by atoms with E-state index in [1.165, 1.54) is 0 Å². The minimum absolute atomic E-state index is 0.169. The number of fused-ring (bicyclic) bond motifs is 1. The number of benzene rings is 2. The van der Waals surface area contributed by atoms with Crippen molar-refractivity contribution in [3.8, 4) is 11.5 Å². The minimum atomic E-state index is -0.881. The van der Waals surface area contributed by atoms with Crippen molar-refractivity contribution < 1.29 is 24.2 Å². The molecular weight excluding hydrogens is 358 g/mol. The molecular formula is C22H21NO5. The van der Waals surface area contributed by atoms with Gasteiger partial charge in [0.1, 0.15) is 18.1 Å². The van der Waals surface area contributed by atoms with Crippen LogP contribution in [0.3, 0.4) is 0 Å². The number of likely N-dealkylation sites (tertiary alicyclic amines) is 1. The van der Waals surface area contributed by atoms with Crippen LogP contribution in [0.15, 0.2) is 54.1 Å². The van der Waals surface area contributed by atoms with Gasteiger partial charge < -0.3 is 19.5 Å². The summed E-state index contributed by atoms with van der Waals surface area (Å²) in [5, 5.41) is 9.65. The molecule has 0 aromatic heterocycles. The third-order valence-corrected chi connectivity index (χ3v) is 5.36. The largest absolute Gasteiger partial charge is 0.497 e. The van der Waals surface area contributed by atoms with Crippen LogP contribution in [0.1, 0.15) is 17.0 Å². The summed E-state index contributed by atoms with van der Waals surface area (Å²) >= 11 is 0.